The number of carbonyl (C=O) groups excluding carboxylic acids is 1. The number of nitrogens with one attached hydrogen (secondary N) is 1. The number of ether oxygens (including phenoxy) is 1. The third-order valence-electron chi connectivity index (χ3n) is 3.59. The first-order valence-electron chi connectivity index (χ1n) is 7.64. The van der Waals surface area contributed by atoms with E-state index in [1.54, 1.807) is 6.92 Å². The fourth-order valence-electron chi connectivity index (χ4n) is 2.50. The highest BCUT2D eigenvalue weighted by Crippen LogP contribution is 2.28. The van der Waals surface area contributed by atoms with Crippen molar-refractivity contribution in [3.05, 3.63) is 36.0 Å². The Labute approximate surface area is 131 Å². The summed E-state index contributed by atoms with van der Waals surface area (Å²) in [6, 6.07) is 9.79. The third-order valence-corrected chi connectivity index (χ3v) is 3.59. The molecule has 1 aliphatic heterocycles. The molecule has 0 saturated carbocycles. The number of carbonyl (C=O) groups is 1. The standard InChI is InChI=1S/C17H21N3O2/c1-2-22-17(21)14(12-18)13-19-15-8-4-5-9-16(15)20-10-6-3-7-11-20/h4-5,8-9,13,19H,2-3,6-7,10-11H2,1H3/b14-13+. The number of piperidine rings is 1. The van der Waals surface area contributed by atoms with Crippen molar-refractivity contribution in [1.29, 1.82) is 5.26 Å². The van der Waals surface area contributed by atoms with Crippen molar-refractivity contribution >= 4 is 17.3 Å². The van der Waals surface area contributed by atoms with Crippen molar-refractivity contribution in [3.8, 4) is 6.07 Å². The molecular formula is C17H21N3O2. The van der Waals surface area contributed by atoms with E-state index in [9.17, 15) is 4.79 Å². The lowest BCUT2D eigenvalue weighted by Crippen LogP contribution is -2.29. The third kappa shape index (κ3) is 4.01. The Bertz CT molecular complexity index is 584. The second kappa shape index (κ2) is 8.08. The van der Waals surface area contributed by atoms with Crippen LogP contribution in [0.4, 0.5) is 11.4 Å². The molecule has 0 aliphatic carbocycles. The number of benzene rings is 1. The average Bonchev–Trinajstić information content (AvgIpc) is 2.57. The summed E-state index contributed by atoms with van der Waals surface area (Å²) in [7, 11) is 0. The summed E-state index contributed by atoms with van der Waals surface area (Å²) in [5.41, 5.74) is 1.95. The van der Waals surface area contributed by atoms with Gasteiger partial charge in [0, 0.05) is 19.3 Å². The van der Waals surface area contributed by atoms with E-state index in [4.69, 9.17) is 10.00 Å². The summed E-state index contributed by atoms with van der Waals surface area (Å²) in [4.78, 5) is 13.9. The fraction of sp³-hybridized carbons (Fsp3) is 0.412. The number of esters is 1. The Kier molecular flexibility index (Phi) is 5.84. The van der Waals surface area contributed by atoms with Crippen LogP contribution >= 0.6 is 0 Å². The van der Waals surface area contributed by atoms with Gasteiger partial charge in [0.2, 0.25) is 0 Å². The Morgan fingerprint density at radius 2 is 2.09 bits per heavy atom. The molecule has 2 rings (SSSR count). The number of para-hydroxylation sites is 2. The Hall–Kier alpha value is -2.48. The zero-order valence-electron chi connectivity index (χ0n) is 12.8. The maximum absolute atomic E-state index is 11.6. The maximum Gasteiger partial charge on any atom is 0.350 e. The molecule has 1 aromatic rings. The highest BCUT2D eigenvalue weighted by molar-refractivity contribution is 5.93. The zero-order chi connectivity index (χ0) is 15.8. The molecule has 0 aromatic heterocycles. The highest BCUT2D eigenvalue weighted by atomic mass is 16.5. The van der Waals surface area contributed by atoms with Crippen LogP contribution < -0.4 is 10.2 Å². The van der Waals surface area contributed by atoms with Crippen LogP contribution in [0.25, 0.3) is 0 Å². The molecule has 1 N–H and O–H groups in total. The van der Waals surface area contributed by atoms with E-state index in [1.807, 2.05) is 24.3 Å². The maximum atomic E-state index is 11.6. The van der Waals surface area contributed by atoms with E-state index < -0.39 is 5.97 Å². The van der Waals surface area contributed by atoms with Crippen LogP contribution in [0, 0.1) is 11.3 Å². The highest BCUT2D eigenvalue weighted by Gasteiger charge is 2.14. The van der Waals surface area contributed by atoms with Gasteiger partial charge >= 0.3 is 5.97 Å². The summed E-state index contributed by atoms with van der Waals surface area (Å²) in [6.45, 7) is 4.03. The number of hydrogen-bond acceptors (Lipinski definition) is 5. The van der Waals surface area contributed by atoms with Gasteiger partial charge < -0.3 is 15.0 Å². The smallest absolute Gasteiger partial charge is 0.350 e. The van der Waals surface area contributed by atoms with Gasteiger partial charge in [-0.25, -0.2) is 4.79 Å². The van der Waals surface area contributed by atoms with Crippen LogP contribution in [0.1, 0.15) is 26.2 Å². The lowest BCUT2D eigenvalue weighted by molar-refractivity contribution is -0.138. The van der Waals surface area contributed by atoms with E-state index in [2.05, 4.69) is 16.3 Å². The van der Waals surface area contributed by atoms with E-state index >= 15 is 0 Å². The first-order valence-corrected chi connectivity index (χ1v) is 7.64. The van der Waals surface area contributed by atoms with Crippen LogP contribution in [0.2, 0.25) is 0 Å². The fourth-order valence-corrected chi connectivity index (χ4v) is 2.50. The van der Waals surface area contributed by atoms with Crippen molar-refractivity contribution < 1.29 is 9.53 Å². The van der Waals surface area contributed by atoms with Crippen LogP contribution in [-0.2, 0) is 9.53 Å². The Morgan fingerprint density at radius 1 is 1.36 bits per heavy atom. The molecule has 1 aliphatic rings. The number of anilines is 2. The predicted molar refractivity (Wildman–Crippen MR) is 86.5 cm³/mol. The van der Waals surface area contributed by atoms with Gasteiger partial charge in [0.1, 0.15) is 6.07 Å². The van der Waals surface area contributed by atoms with Crippen LogP contribution in [0.5, 0.6) is 0 Å². The molecule has 22 heavy (non-hydrogen) atoms. The monoisotopic (exact) mass is 299 g/mol. The first-order chi connectivity index (χ1) is 10.8. The van der Waals surface area contributed by atoms with Gasteiger partial charge in [-0.2, -0.15) is 5.26 Å². The van der Waals surface area contributed by atoms with Gasteiger partial charge in [0.25, 0.3) is 0 Å². The molecule has 0 unspecified atom stereocenters. The average molecular weight is 299 g/mol. The van der Waals surface area contributed by atoms with Crippen LogP contribution in [0.3, 0.4) is 0 Å². The van der Waals surface area contributed by atoms with Crippen molar-refractivity contribution in [2.45, 2.75) is 26.2 Å². The van der Waals surface area contributed by atoms with Gasteiger partial charge in [-0.05, 0) is 38.3 Å². The normalized spacial score (nSPS) is 15.1. The lowest BCUT2D eigenvalue weighted by Gasteiger charge is -2.30. The van der Waals surface area contributed by atoms with Gasteiger partial charge in [0.15, 0.2) is 5.57 Å². The molecule has 5 nitrogen and oxygen atoms in total. The molecule has 1 aromatic carbocycles. The molecule has 0 amide bonds. The summed E-state index contributed by atoms with van der Waals surface area (Å²) in [6.07, 6.45) is 5.07. The molecule has 5 heteroatoms. The first kappa shape index (κ1) is 15.9. The minimum atomic E-state index is -0.604. The Balaban J connectivity index is 2.15. The summed E-state index contributed by atoms with van der Waals surface area (Å²) in [5.74, 6) is -0.604. The minimum Gasteiger partial charge on any atom is -0.462 e. The van der Waals surface area contributed by atoms with Crippen LogP contribution in [0.15, 0.2) is 36.0 Å². The van der Waals surface area contributed by atoms with E-state index in [1.165, 1.54) is 25.5 Å². The molecule has 0 spiro atoms. The molecule has 0 atom stereocenters. The zero-order valence-corrected chi connectivity index (χ0v) is 12.8. The van der Waals surface area contributed by atoms with E-state index in [-0.39, 0.29) is 12.2 Å². The minimum absolute atomic E-state index is 0.0321. The lowest BCUT2D eigenvalue weighted by atomic mass is 10.1. The second-order valence-corrected chi connectivity index (χ2v) is 5.10. The predicted octanol–water partition coefficient (Wildman–Crippen LogP) is 3.06. The van der Waals surface area contributed by atoms with Crippen molar-refractivity contribution in [2.24, 2.45) is 0 Å². The number of rotatable bonds is 5. The van der Waals surface area contributed by atoms with Crippen molar-refractivity contribution in [3.63, 3.8) is 0 Å². The molecule has 0 radical (unpaired) electrons. The summed E-state index contributed by atoms with van der Waals surface area (Å²) in [5, 5.41) is 12.1. The topological polar surface area (TPSA) is 65.4 Å². The summed E-state index contributed by atoms with van der Waals surface area (Å²) >= 11 is 0. The quantitative estimate of drug-likeness (QED) is 0.514. The van der Waals surface area contributed by atoms with Gasteiger partial charge in [-0.1, -0.05) is 12.1 Å². The SMILES string of the molecule is CCOC(=O)/C(C#N)=C/Nc1ccccc1N1CCCCC1. The molecular weight excluding hydrogens is 278 g/mol. The van der Waals surface area contributed by atoms with E-state index in [0.717, 1.165) is 24.5 Å². The van der Waals surface area contributed by atoms with Crippen molar-refractivity contribution in [2.75, 3.05) is 29.9 Å². The van der Waals surface area contributed by atoms with Crippen molar-refractivity contribution in [1.82, 2.24) is 0 Å². The second-order valence-electron chi connectivity index (χ2n) is 5.10. The molecule has 116 valence electrons. The molecule has 0 bridgehead atoms. The van der Waals surface area contributed by atoms with Crippen LogP contribution in [-0.4, -0.2) is 25.7 Å². The largest absolute Gasteiger partial charge is 0.462 e. The number of nitriles is 1. The number of nitrogens with zero attached hydrogens (tertiary/aromatic N) is 2. The molecule has 1 saturated heterocycles. The van der Waals surface area contributed by atoms with Gasteiger partial charge in [0.05, 0.1) is 18.0 Å². The van der Waals surface area contributed by atoms with Gasteiger partial charge in [-0.15, -0.1) is 0 Å². The summed E-state index contributed by atoms with van der Waals surface area (Å²) < 4.78 is 4.85. The molecule has 1 fully saturated rings. The molecule has 1 heterocycles. The number of hydrogen-bond donors (Lipinski definition) is 1. The van der Waals surface area contributed by atoms with Gasteiger partial charge in [-0.3, -0.25) is 0 Å². The Morgan fingerprint density at radius 3 is 2.77 bits per heavy atom. The van der Waals surface area contributed by atoms with E-state index in [0.29, 0.717) is 0 Å².